The maximum atomic E-state index is 11.5. The Bertz CT molecular complexity index is 618. The first-order chi connectivity index (χ1) is 7.99. The number of hydrogen-bond donors (Lipinski definition) is 1. The van der Waals surface area contributed by atoms with E-state index in [4.69, 9.17) is 5.11 Å². The molecule has 0 saturated carbocycles. The molecule has 0 bridgehead atoms. The number of nitrogens with zero attached hydrogens (tertiary/aromatic N) is 2. The quantitative estimate of drug-likeness (QED) is 0.695. The number of pyridine rings is 1. The lowest BCUT2D eigenvalue weighted by atomic mass is 10.1. The van der Waals surface area contributed by atoms with Gasteiger partial charge in [-0.1, -0.05) is 0 Å². The second kappa shape index (κ2) is 4.29. The Kier molecular flexibility index (Phi) is 2.97. The molecule has 2 rings (SSSR count). The molecule has 0 fully saturated rings. The molecule has 0 aromatic carbocycles. The number of carboxylic acids is 1. The number of aliphatic carboxylic acids is 1. The Hall–Kier alpha value is -1.69. The highest BCUT2D eigenvalue weighted by Crippen LogP contribution is 2.23. The van der Waals surface area contributed by atoms with Crippen molar-refractivity contribution in [3.8, 4) is 0 Å². The van der Waals surface area contributed by atoms with E-state index < -0.39 is 5.97 Å². The van der Waals surface area contributed by atoms with E-state index in [2.05, 4.69) is 20.9 Å². The highest BCUT2D eigenvalue weighted by Gasteiger charge is 2.14. The molecule has 17 heavy (non-hydrogen) atoms. The molecule has 0 amide bonds. The van der Waals surface area contributed by atoms with Gasteiger partial charge in [-0.25, -0.2) is 4.98 Å². The summed E-state index contributed by atoms with van der Waals surface area (Å²) in [7, 11) is 0. The third kappa shape index (κ3) is 2.21. The first-order valence-electron chi connectivity index (χ1n) is 4.86. The fourth-order valence-corrected chi connectivity index (χ4v) is 2.05. The number of fused-ring (bicyclic) bond motifs is 1. The van der Waals surface area contributed by atoms with Crippen molar-refractivity contribution in [2.75, 3.05) is 0 Å². The summed E-state index contributed by atoms with van der Waals surface area (Å²) in [5, 5.41) is 9.50. The van der Waals surface area contributed by atoms with Crippen LogP contribution in [0.4, 0.5) is 0 Å². The summed E-state index contributed by atoms with van der Waals surface area (Å²) in [4.78, 5) is 26.2. The molecule has 5 nitrogen and oxygen atoms in total. The van der Waals surface area contributed by atoms with Gasteiger partial charge in [-0.15, -0.1) is 0 Å². The summed E-state index contributed by atoms with van der Waals surface area (Å²) in [5.74, 6) is -1.06. The highest BCUT2D eigenvalue weighted by atomic mass is 79.9. The number of ketones is 1. The molecule has 0 atom stereocenters. The Balaban J connectivity index is 2.70. The second-order valence-electron chi connectivity index (χ2n) is 3.64. The summed E-state index contributed by atoms with van der Waals surface area (Å²) in [6.45, 7) is 1.27. The van der Waals surface area contributed by atoms with Crippen LogP contribution >= 0.6 is 15.9 Å². The Morgan fingerprint density at radius 3 is 2.82 bits per heavy atom. The zero-order valence-electron chi connectivity index (χ0n) is 8.98. The lowest BCUT2D eigenvalue weighted by molar-refractivity contribution is -0.137. The van der Waals surface area contributed by atoms with Crippen molar-refractivity contribution in [3.05, 3.63) is 28.6 Å². The molecule has 2 aromatic heterocycles. The monoisotopic (exact) mass is 296 g/mol. The molecule has 6 heteroatoms. The number of hydrogen-bond acceptors (Lipinski definition) is 3. The van der Waals surface area contributed by atoms with Crippen molar-refractivity contribution < 1.29 is 14.7 Å². The van der Waals surface area contributed by atoms with Crippen LogP contribution in [0.2, 0.25) is 0 Å². The average molecular weight is 297 g/mol. The van der Waals surface area contributed by atoms with Crippen molar-refractivity contribution in [3.63, 3.8) is 0 Å². The number of carbonyl (C=O) groups is 2. The van der Waals surface area contributed by atoms with Crippen LogP contribution in [-0.2, 0) is 11.3 Å². The summed E-state index contributed by atoms with van der Waals surface area (Å²) < 4.78 is 2.12. The van der Waals surface area contributed by atoms with Gasteiger partial charge in [0.2, 0.25) is 0 Å². The SMILES string of the molecule is CC(=O)c1cn(CC(=O)O)c2cnc(Br)cc12. The Morgan fingerprint density at radius 2 is 2.24 bits per heavy atom. The standard InChI is InChI=1S/C11H9BrN2O3/c1-6(15)8-4-14(5-11(16)17)9-3-13-10(12)2-7(8)9/h2-4H,5H2,1H3,(H,16,17). The number of Topliss-reactive ketones (excluding diaryl/α,β-unsaturated/α-hetero) is 1. The van der Waals surface area contributed by atoms with Gasteiger partial charge in [-0.3, -0.25) is 9.59 Å². The number of carbonyl (C=O) groups excluding carboxylic acids is 1. The third-order valence-corrected chi connectivity index (χ3v) is 2.85. The third-order valence-electron chi connectivity index (χ3n) is 2.42. The van der Waals surface area contributed by atoms with E-state index in [0.717, 1.165) is 0 Å². The number of aromatic nitrogens is 2. The maximum absolute atomic E-state index is 11.5. The van der Waals surface area contributed by atoms with Gasteiger partial charge in [0.15, 0.2) is 5.78 Å². The van der Waals surface area contributed by atoms with E-state index in [-0.39, 0.29) is 12.3 Å². The normalized spacial score (nSPS) is 10.7. The number of halogens is 1. The molecular formula is C11H9BrN2O3. The minimum atomic E-state index is -0.958. The van der Waals surface area contributed by atoms with Crippen LogP contribution in [0.25, 0.3) is 10.9 Å². The van der Waals surface area contributed by atoms with E-state index in [0.29, 0.717) is 21.1 Å². The van der Waals surface area contributed by atoms with Gasteiger partial charge in [0.25, 0.3) is 0 Å². The predicted octanol–water partition coefficient (Wildman–Crippen LogP) is 2.09. The molecule has 1 N–H and O–H groups in total. The minimum Gasteiger partial charge on any atom is -0.480 e. The van der Waals surface area contributed by atoms with E-state index in [1.165, 1.54) is 11.5 Å². The van der Waals surface area contributed by atoms with Gasteiger partial charge < -0.3 is 9.67 Å². The van der Waals surface area contributed by atoms with E-state index in [1.807, 2.05) is 0 Å². The number of rotatable bonds is 3. The van der Waals surface area contributed by atoms with Gasteiger partial charge >= 0.3 is 5.97 Å². The topological polar surface area (TPSA) is 72.2 Å². The summed E-state index contributed by atoms with van der Waals surface area (Å²) in [5.41, 5.74) is 1.14. The van der Waals surface area contributed by atoms with Gasteiger partial charge in [0, 0.05) is 17.1 Å². The van der Waals surface area contributed by atoms with Crippen LogP contribution in [-0.4, -0.2) is 26.4 Å². The van der Waals surface area contributed by atoms with Crippen LogP contribution in [0.1, 0.15) is 17.3 Å². The molecule has 2 heterocycles. The molecule has 0 aliphatic rings. The van der Waals surface area contributed by atoms with Crippen LogP contribution in [0.5, 0.6) is 0 Å². The van der Waals surface area contributed by atoms with Crippen LogP contribution in [0, 0.1) is 0 Å². The number of carboxylic acid groups (broad SMARTS) is 1. The van der Waals surface area contributed by atoms with Crippen LogP contribution in [0.15, 0.2) is 23.1 Å². The largest absolute Gasteiger partial charge is 0.480 e. The zero-order chi connectivity index (χ0) is 12.6. The van der Waals surface area contributed by atoms with Gasteiger partial charge in [-0.05, 0) is 28.9 Å². The molecule has 0 saturated heterocycles. The van der Waals surface area contributed by atoms with Gasteiger partial charge in [-0.2, -0.15) is 0 Å². The average Bonchev–Trinajstić information content (AvgIpc) is 2.55. The summed E-state index contributed by atoms with van der Waals surface area (Å²) >= 11 is 3.23. The van der Waals surface area contributed by atoms with E-state index >= 15 is 0 Å². The molecule has 88 valence electrons. The van der Waals surface area contributed by atoms with Crippen molar-refractivity contribution in [2.24, 2.45) is 0 Å². The maximum Gasteiger partial charge on any atom is 0.323 e. The summed E-state index contributed by atoms with van der Waals surface area (Å²) in [6, 6.07) is 1.71. The van der Waals surface area contributed by atoms with Gasteiger partial charge in [0.05, 0.1) is 11.7 Å². The minimum absolute atomic E-state index is 0.0998. The molecule has 0 unspecified atom stereocenters. The second-order valence-corrected chi connectivity index (χ2v) is 4.46. The van der Waals surface area contributed by atoms with E-state index in [9.17, 15) is 9.59 Å². The lowest BCUT2D eigenvalue weighted by Crippen LogP contribution is -2.07. The fraction of sp³-hybridized carbons (Fsp3) is 0.182. The van der Waals surface area contributed by atoms with Crippen molar-refractivity contribution >= 4 is 38.6 Å². The molecule has 0 radical (unpaired) electrons. The molecule has 0 aliphatic carbocycles. The molecule has 2 aromatic rings. The fourth-order valence-electron chi connectivity index (χ4n) is 1.72. The smallest absolute Gasteiger partial charge is 0.323 e. The van der Waals surface area contributed by atoms with E-state index in [1.54, 1.807) is 18.5 Å². The molecule has 0 aliphatic heterocycles. The molecule has 0 spiro atoms. The van der Waals surface area contributed by atoms with Gasteiger partial charge in [0.1, 0.15) is 11.1 Å². The van der Waals surface area contributed by atoms with Crippen molar-refractivity contribution in [2.45, 2.75) is 13.5 Å². The molecular weight excluding hydrogens is 288 g/mol. The van der Waals surface area contributed by atoms with Crippen LogP contribution < -0.4 is 0 Å². The Labute approximate surface area is 105 Å². The highest BCUT2D eigenvalue weighted by molar-refractivity contribution is 9.10. The van der Waals surface area contributed by atoms with Crippen molar-refractivity contribution in [1.29, 1.82) is 0 Å². The zero-order valence-corrected chi connectivity index (χ0v) is 10.6. The first kappa shape index (κ1) is 11.8. The Morgan fingerprint density at radius 1 is 1.53 bits per heavy atom. The summed E-state index contributed by atoms with van der Waals surface area (Å²) in [6.07, 6.45) is 3.10. The predicted molar refractivity (Wildman–Crippen MR) is 65.1 cm³/mol. The van der Waals surface area contributed by atoms with Crippen LogP contribution in [0.3, 0.4) is 0 Å². The lowest BCUT2D eigenvalue weighted by Gasteiger charge is -1.99. The van der Waals surface area contributed by atoms with Crippen molar-refractivity contribution in [1.82, 2.24) is 9.55 Å². The first-order valence-corrected chi connectivity index (χ1v) is 5.65.